The maximum absolute atomic E-state index is 11.5. The molecule has 1 rings (SSSR count). The van der Waals surface area contributed by atoms with E-state index in [0.717, 1.165) is 0 Å². The number of benzene rings is 1. The van der Waals surface area contributed by atoms with E-state index < -0.39 is 11.9 Å². The fraction of sp³-hybridized carbons (Fsp3) is 0.312. The van der Waals surface area contributed by atoms with E-state index in [-0.39, 0.29) is 30.8 Å². The third-order valence-corrected chi connectivity index (χ3v) is 1.90. The molecule has 1 aromatic carbocycles. The number of ether oxygens (including phenoxy) is 2. The van der Waals surface area contributed by atoms with Gasteiger partial charge in [0.1, 0.15) is 6.61 Å². The van der Waals surface area contributed by atoms with E-state index in [1.165, 1.54) is 24.8 Å². The Labute approximate surface area is 135 Å². The molecule has 2 N–H and O–H groups in total. The zero-order valence-corrected chi connectivity index (χ0v) is 13.4. The summed E-state index contributed by atoms with van der Waals surface area (Å²) in [4.78, 5) is 30.7. The maximum Gasteiger partial charge on any atom is 0.339 e. The number of carboxylic acid groups (broad SMARTS) is 2. The number of hydrogen-bond donors (Lipinski definition) is 2. The first-order valence-corrected chi connectivity index (χ1v) is 6.50. The summed E-state index contributed by atoms with van der Waals surface area (Å²) < 4.78 is 9.54. The van der Waals surface area contributed by atoms with E-state index in [4.69, 9.17) is 24.5 Å². The molecule has 0 aliphatic rings. The molecular weight excluding hydrogens is 304 g/mol. The average Bonchev–Trinajstić information content (AvgIpc) is 2.47. The molecule has 0 aromatic heterocycles. The van der Waals surface area contributed by atoms with Gasteiger partial charge in [0.15, 0.2) is 0 Å². The Morgan fingerprint density at radius 3 is 2.00 bits per heavy atom. The normalized spacial score (nSPS) is 8.48. The molecule has 0 bridgehead atoms. The number of methoxy groups -OCH3 is 1. The molecule has 23 heavy (non-hydrogen) atoms. The van der Waals surface area contributed by atoms with E-state index in [1.54, 1.807) is 12.1 Å². The van der Waals surface area contributed by atoms with Crippen molar-refractivity contribution in [2.45, 2.75) is 13.8 Å². The summed E-state index contributed by atoms with van der Waals surface area (Å²) in [7, 11) is 1.49. The molecule has 7 nitrogen and oxygen atoms in total. The molecule has 0 atom stereocenters. The van der Waals surface area contributed by atoms with Crippen LogP contribution in [0.5, 0.6) is 0 Å². The van der Waals surface area contributed by atoms with Gasteiger partial charge in [0.25, 0.3) is 6.47 Å². The zero-order valence-electron chi connectivity index (χ0n) is 13.4. The third-order valence-electron chi connectivity index (χ3n) is 1.90. The van der Waals surface area contributed by atoms with Crippen molar-refractivity contribution in [1.82, 2.24) is 0 Å². The predicted molar refractivity (Wildman–Crippen MR) is 84.7 cm³/mol. The lowest BCUT2D eigenvalue weighted by Gasteiger charge is -2.06. The van der Waals surface area contributed by atoms with Crippen LogP contribution in [0.1, 0.15) is 34.6 Å². The quantitative estimate of drug-likeness (QED) is 0.370. The van der Waals surface area contributed by atoms with E-state index >= 15 is 0 Å². The van der Waals surface area contributed by atoms with Crippen LogP contribution >= 0.6 is 0 Å². The van der Waals surface area contributed by atoms with Gasteiger partial charge in [-0.3, -0.25) is 4.79 Å². The van der Waals surface area contributed by atoms with Gasteiger partial charge in [0.05, 0.1) is 17.7 Å². The van der Waals surface area contributed by atoms with Crippen molar-refractivity contribution in [2.24, 2.45) is 0 Å². The Bertz CT molecular complexity index is 505. The number of carbonyl (C=O) groups excluding carboxylic acids is 1. The molecule has 0 fully saturated rings. The second-order valence-corrected chi connectivity index (χ2v) is 4.29. The summed E-state index contributed by atoms with van der Waals surface area (Å²) in [5.41, 5.74) is 1.15. The highest BCUT2D eigenvalue weighted by Crippen LogP contribution is 2.10. The van der Waals surface area contributed by atoms with Gasteiger partial charge in [0.2, 0.25) is 0 Å². The van der Waals surface area contributed by atoms with E-state index in [0.29, 0.717) is 0 Å². The molecular formula is C16H22O7. The van der Waals surface area contributed by atoms with Crippen molar-refractivity contribution in [3.05, 3.63) is 47.5 Å². The zero-order chi connectivity index (χ0) is 18.3. The van der Waals surface area contributed by atoms with Crippen LogP contribution in [0.25, 0.3) is 0 Å². The predicted octanol–water partition coefficient (Wildman–Crippen LogP) is 2.47. The molecule has 0 radical (unpaired) electrons. The highest BCUT2D eigenvalue weighted by atomic mass is 16.6. The Morgan fingerprint density at radius 2 is 1.61 bits per heavy atom. The molecule has 0 saturated carbocycles. The topological polar surface area (TPSA) is 110 Å². The first-order valence-electron chi connectivity index (χ1n) is 6.50. The van der Waals surface area contributed by atoms with Crippen molar-refractivity contribution >= 4 is 18.4 Å². The van der Waals surface area contributed by atoms with Gasteiger partial charge in [-0.25, -0.2) is 9.59 Å². The van der Waals surface area contributed by atoms with Gasteiger partial charge in [-0.1, -0.05) is 17.7 Å². The SMILES string of the molecule is C=C(C)C.COCCOC(=O)c1ccccc1C(=O)O.O=CO. The number of allylic oxidation sites excluding steroid dienone is 1. The molecule has 0 saturated heterocycles. The Morgan fingerprint density at radius 1 is 1.17 bits per heavy atom. The van der Waals surface area contributed by atoms with Crippen molar-refractivity contribution in [1.29, 1.82) is 0 Å². The van der Waals surface area contributed by atoms with Crippen LogP contribution in [-0.4, -0.2) is 48.9 Å². The molecule has 0 heterocycles. The second kappa shape index (κ2) is 14.3. The highest BCUT2D eigenvalue weighted by Gasteiger charge is 2.16. The Balaban J connectivity index is 0. The number of carboxylic acids is 1. The summed E-state index contributed by atoms with van der Waals surface area (Å²) >= 11 is 0. The third kappa shape index (κ3) is 12.8. The number of rotatable bonds is 5. The maximum atomic E-state index is 11.5. The van der Waals surface area contributed by atoms with Gasteiger partial charge < -0.3 is 19.7 Å². The number of hydrogen-bond acceptors (Lipinski definition) is 5. The fourth-order valence-electron chi connectivity index (χ4n) is 1.14. The van der Waals surface area contributed by atoms with Crippen molar-refractivity contribution in [3.8, 4) is 0 Å². The van der Waals surface area contributed by atoms with Gasteiger partial charge in [-0.15, -0.1) is 6.58 Å². The van der Waals surface area contributed by atoms with Crippen LogP contribution in [0.2, 0.25) is 0 Å². The Hall–Kier alpha value is -2.67. The number of esters is 1. The molecule has 7 heteroatoms. The summed E-state index contributed by atoms with van der Waals surface area (Å²) in [6, 6.07) is 5.91. The molecule has 0 spiro atoms. The lowest BCUT2D eigenvalue weighted by molar-refractivity contribution is -0.122. The van der Waals surface area contributed by atoms with Crippen LogP contribution in [0.3, 0.4) is 0 Å². The van der Waals surface area contributed by atoms with Crippen molar-refractivity contribution in [2.75, 3.05) is 20.3 Å². The van der Waals surface area contributed by atoms with E-state index in [1.807, 2.05) is 13.8 Å². The number of aromatic carboxylic acids is 1. The summed E-state index contributed by atoms with van der Waals surface area (Å²) in [5.74, 6) is -1.81. The van der Waals surface area contributed by atoms with Crippen molar-refractivity contribution < 1.29 is 34.1 Å². The molecule has 0 aliphatic heterocycles. The summed E-state index contributed by atoms with van der Waals surface area (Å²) in [6.07, 6.45) is 0. The second-order valence-electron chi connectivity index (χ2n) is 4.29. The fourth-order valence-corrected chi connectivity index (χ4v) is 1.14. The van der Waals surface area contributed by atoms with Crippen LogP contribution in [0.4, 0.5) is 0 Å². The van der Waals surface area contributed by atoms with Crippen LogP contribution in [0.15, 0.2) is 36.4 Å². The average molecular weight is 326 g/mol. The van der Waals surface area contributed by atoms with E-state index in [9.17, 15) is 9.59 Å². The molecule has 0 aliphatic carbocycles. The summed E-state index contributed by atoms with van der Waals surface area (Å²) in [5, 5.41) is 15.7. The van der Waals surface area contributed by atoms with Gasteiger partial charge in [-0.05, 0) is 26.0 Å². The molecule has 0 amide bonds. The smallest absolute Gasteiger partial charge is 0.339 e. The number of carbonyl (C=O) groups is 3. The summed E-state index contributed by atoms with van der Waals surface area (Å²) in [6.45, 7) is 7.63. The lowest BCUT2D eigenvalue weighted by Crippen LogP contribution is -2.14. The minimum Gasteiger partial charge on any atom is -0.483 e. The van der Waals surface area contributed by atoms with Crippen LogP contribution < -0.4 is 0 Å². The molecule has 0 unspecified atom stereocenters. The molecule has 1 aromatic rings. The monoisotopic (exact) mass is 326 g/mol. The first kappa shape index (κ1) is 22.6. The first-order chi connectivity index (χ1) is 10.8. The van der Waals surface area contributed by atoms with Gasteiger partial charge in [-0.2, -0.15) is 0 Å². The standard InChI is InChI=1S/C11H12O5.C4H8.CH2O2/c1-15-6-7-16-11(14)9-5-3-2-4-8(9)10(12)13;1-4(2)3;2-1-3/h2-5H,6-7H2,1H3,(H,12,13);1H2,2-3H3;1H,(H,2,3). The van der Waals surface area contributed by atoms with Crippen LogP contribution in [0, 0.1) is 0 Å². The van der Waals surface area contributed by atoms with Gasteiger partial charge >= 0.3 is 11.9 Å². The lowest BCUT2D eigenvalue weighted by atomic mass is 10.1. The Kier molecular flexibility index (Phi) is 14.0. The van der Waals surface area contributed by atoms with Gasteiger partial charge in [0, 0.05) is 7.11 Å². The highest BCUT2D eigenvalue weighted by molar-refractivity contribution is 6.02. The van der Waals surface area contributed by atoms with E-state index in [2.05, 4.69) is 6.58 Å². The minimum atomic E-state index is -1.15. The minimum absolute atomic E-state index is 0.0473. The van der Waals surface area contributed by atoms with Crippen molar-refractivity contribution in [3.63, 3.8) is 0 Å². The molecule has 128 valence electrons. The largest absolute Gasteiger partial charge is 0.483 e. The van der Waals surface area contributed by atoms with Crippen LogP contribution in [-0.2, 0) is 14.3 Å².